The fourth-order valence-electron chi connectivity index (χ4n) is 2.44. The van der Waals surface area contributed by atoms with Gasteiger partial charge in [-0.1, -0.05) is 24.3 Å². The zero-order valence-corrected chi connectivity index (χ0v) is 10.7. The normalized spacial score (nSPS) is 20.0. The maximum atomic E-state index is 11.9. The minimum atomic E-state index is -0.593. The lowest BCUT2D eigenvalue weighted by molar-refractivity contribution is -0.124. The molecule has 0 spiro atoms. The van der Waals surface area contributed by atoms with E-state index in [4.69, 9.17) is 10.5 Å². The van der Waals surface area contributed by atoms with Crippen LogP contribution in [0.2, 0.25) is 0 Å². The minimum absolute atomic E-state index is 0.0883. The second kappa shape index (κ2) is 5.98. The van der Waals surface area contributed by atoms with E-state index >= 15 is 0 Å². The maximum Gasteiger partial charge on any atom is 0.239 e. The molecule has 18 heavy (non-hydrogen) atoms. The predicted molar refractivity (Wildman–Crippen MR) is 70.1 cm³/mol. The third kappa shape index (κ3) is 2.89. The summed E-state index contributed by atoms with van der Waals surface area (Å²) in [4.78, 5) is 11.9. The van der Waals surface area contributed by atoms with Gasteiger partial charge in [0.25, 0.3) is 0 Å². The fraction of sp³-hybridized carbons (Fsp3) is 0.500. The van der Waals surface area contributed by atoms with Crippen molar-refractivity contribution < 1.29 is 9.53 Å². The molecule has 2 atom stereocenters. The molecule has 3 N–H and O–H groups in total. The van der Waals surface area contributed by atoms with Gasteiger partial charge in [-0.05, 0) is 30.4 Å². The van der Waals surface area contributed by atoms with Crippen LogP contribution in [0.25, 0.3) is 0 Å². The molecule has 4 nitrogen and oxygen atoms in total. The summed E-state index contributed by atoms with van der Waals surface area (Å²) in [5.74, 6) is -0.140. The molecule has 0 aromatic heterocycles. The summed E-state index contributed by atoms with van der Waals surface area (Å²) in [6, 6.07) is 7.76. The lowest BCUT2D eigenvalue weighted by atomic mass is 9.87. The molecule has 1 aromatic rings. The number of nitrogens with one attached hydrogen (secondary N) is 1. The Kier molecular flexibility index (Phi) is 4.33. The van der Waals surface area contributed by atoms with Gasteiger partial charge in [0.1, 0.15) is 6.04 Å². The number of fused-ring (bicyclic) bond motifs is 1. The Bertz CT molecular complexity index is 420. The highest BCUT2D eigenvalue weighted by molar-refractivity contribution is 5.82. The van der Waals surface area contributed by atoms with Crippen molar-refractivity contribution in [2.24, 2.45) is 5.73 Å². The van der Waals surface area contributed by atoms with Crippen LogP contribution >= 0.6 is 0 Å². The molecule has 1 aliphatic rings. The Hall–Kier alpha value is -1.39. The third-order valence-corrected chi connectivity index (χ3v) is 3.37. The molecular weight excluding hydrogens is 228 g/mol. The molecule has 0 fully saturated rings. The lowest BCUT2D eigenvalue weighted by Crippen LogP contribution is -2.45. The molecule has 0 bridgehead atoms. The van der Waals surface area contributed by atoms with Gasteiger partial charge in [-0.3, -0.25) is 4.79 Å². The predicted octanol–water partition coefficient (Wildman–Crippen LogP) is 1.15. The van der Waals surface area contributed by atoms with Gasteiger partial charge in [-0.2, -0.15) is 0 Å². The second-order valence-corrected chi connectivity index (χ2v) is 4.71. The number of amides is 1. The van der Waals surface area contributed by atoms with Gasteiger partial charge >= 0.3 is 0 Å². The molecule has 1 aliphatic carbocycles. The van der Waals surface area contributed by atoms with Crippen molar-refractivity contribution in [3.05, 3.63) is 35.4 Å². The standard InChI is InChI=1S/C14H20N2O2/c1-18-9-12(15)14(17)16-13-8-4-6-10-5-2-3-7-11(10)13/h2-3,5,7,12-13H,4,6,8-9,15H2,1H3,(H,16,17)/t12?,13-/m1/s1. The van der Waals surface area contributed by atoms with Gasteiger partial charge in [0.15, 0.2) is 0 Å². The van der Waals surface area contributed by atoms with Gasteiger partial charge in [-0.25, -0.2) is 0 Å². The Labute approximate surface area is 108 Å². The van der Waals surface area contributed by atoms with E-state index in [-0.39, 0.29) is 18.6 Å². The Morgan fingerprint density at radius 2 is 2.33 bits per heavy atom. The average molecular weight is 248 g/mol. The van der Waals surface area contributed by atoms with E-state index in [9.17, 15) is 4.79 Å². The number of hydrogen-bond donors (Lipinski definition) is 2. The number of carbonyl (C=O) groups excluding carboxylic acids is 1. The van der Waals surface area contributed by atoms with Crippen molar-refractivity contribution in [2.75, 3.05) is 13.7 Å². The van der Waals surface area contributed by atoms with Crippen molar-refractivity contribution in [3.63, 3.8) is 0 Å². The number of ether oxygens (including phenoxy) is 1. The highest BCUT2D eigenvalue weighted by atomic mass is 16.5. The van der Waals surface area contributed by atoms with E-state index in [1.54, 1.807) is 7.11 Å². The lowest BCUT2D eigenvalue weighted by Gasteiger charge is -2.27. The van der Waals surface area contributed by atoms with E-state index in [0.29, 0.717) is 0 Å². The summed E-state index contributed by atoms with van der Waals surface area (Å²) >= 11 is 0. The first-order valence-electron chi connectivity index (χ1n) is 6.35. The monoisotopic (exact) mass is 248 g/mol. The molecule has 1 aromatic carbocycles. The molecule has 0 saturated heterocycles. The highest BCUT2D eigenvalue weighted by Crippen LogP contribution is 2.29. The zero-order chi connectivity index (χ0) is 13.0. The van der Waals surface area contributed by atoms with Crippen LogP contribution in [-0.4, -0.2) is 25.7 Å². The number of rotatable bonds is 4. The van der Waals surface area contributed by atoms with Crippen LogP contribution in [0, 0.1) is 0 Å². The number of carbonyl (C=O) groups is 1. The van der Waals surface area contributed by atoms with Gasteiger partial charge in [0, 0.05) is 7.11 Å². The Balaban J connectivity index is 2.05. The molecule has 98 valence electrons. The Morgan fingerprint density at radius 3 is 3.11 bits per heavy atom. The van der Waals surface area contributed by atoms with Crippen molar-refractivity contribution >= 4 is 5.91 Å². The van der Waals surface area contributed by atoms with Gasteiger partial charge < -0.3 is 15.8 Å². The number of benzene rings is 1. The smallest absolute Gasteiger partial charge is 0.239 e. The molecule has 0 saturated carbocycles. The van der Waals surface area contributed by atoms with E-state index < -0.39 is 6.04 Å². The second-order valence-electron chi connectivity index (χ2n) is 4.71. The van der Waals surface area contributed by atoms with Crippen LogP contribution < -0.4 is 11.1 Å². The Morgan fingerprint density at radius 1 is 1.56 bits per heavy atom. The van der Waals surface area contributed by atoms with E-state index in [0.717, 1.165) is 19.3 Å². The zero-order valence-electron chi connectivity index (χ0n) is 10.7. The largest absolute Gasteiger partial charge is 0.383 e. The molecule has 4 heteroatoms. The average Bonchev–Trinajstić information content (AvgIpc) is 2.39. The summed E-state index contributed by atoms with van der Waals surface area (Å²) in [5, 5.41) is 3.02. The topological polar surface area (TPSA) is 64.3 Å². The fourth-order valence-corrected chi connectivity index (χ4v) is 2.44. The molecule has 1 amide bonds. The van der Waals surface area contributed by atoms with Crippen LogP contribution in [-0.2, 0) is 16.0 Å². The number of methoxy groups -OCH3 is 1. The highest BCUT2D eigenvalue weighted by Gasteiger charge is 2.23. The van der Waals surface area contributed by atoms with Crippen LogP contribution in [0.1, 0.15) is 30.0 Å². The molecule has 0 aliphatic heterocycles. The first-order valence-corrected chi connectivity index (χ1v) is 6.35. The quantitative estimate of drug-likeness (QED) is 0.840. The molecule has 1 unspecified atom stereocenters. The van der Waals surface area contributed by atoms with Crippen LogP contribution in [0.5, 0.6) is 0 Å². The van der Waals surface area contributed by atoms with Gasteiger partial charge in [-0.15, -0.1) is 0 Å². The van der Waals surface area contributed by atoms with Gasteiger partial charge in [0.05, 0.1) is 12.6 Å². The third-order valence-electron chi connectivity index (χ3n) is 3.37. The number of aryl methyl sites for hydroxylation is 1. The van der Waals surface area contributed by atoms with Crippen molar-refractivity contribution in [1.29, 1.82) is 0 Å². The summed E-state index contributed by atoms with van der Waals surface area (Å²) in [5.41, 5.74) is 8.28. The van der Waals surface area contributed by atoms with Crippen molar-refractivity contribution in [3.8, 4) is 0 Å². The summed E-state index contributed by atoms with van der Waals surface area (Å²) in [7, 11) is 1.54. The van der Waals surface area contributed by atoms with Crippen LogP contribution in [0.4, 0.5) is 0 Å². The number of hydrogen-bond acceptors (Lipinski definition) is 3. The molecule has 0 radical (unpaired) electrons. The number of nitrogens with two attached hydrogens (primary N) is 1. The summed E-state index contributed by atoms with van der Waals surface area (Å²) in [6.07, 6.45) is 3.16. The molecular formula is C14H20N2O2. The van der Waals surface area contributed by atoms with Gasteiger partial charge in [0.2, 0.25) is 5.91 Å². The van der Waals surface area contributed by atoms with Crippen LogP contribution in [0.15, 0.2) is 24.3 Å². The summed E-state index contributed by atoms with van der Waals surface area (Å²) in [6.45, 7) is 0.250. The van der Waals surface area contributed by atoms with E-state index in [1.807, 2.05) is 12.1 Å². The van der Waals surface area contributed by atoms with Crippen molar-refractivity contribution in [1.82, 2.24) is 5.32 Å². The van der Waals surface area contributed by atoms with Crippen molar-refractivity contribution in [2.45, 2.75) is 31.3 Å². The first-order chi connectivity index (χ1) is 8.72. The van der Waals surface area contributed by atoms with E-state index in [1.165, 1.54) is 11.1 Å². The molecule has 0 heterocycles. The maximum absolute atomic E-state index is 11.9. The first kappa shape index (κ1) is 13.1. The summed E-state index contributed by atoms with van der Waals surface area (Å²) < 4.78 is 4.90. The van der Waals surface area contributed by atoms with E-state index in [2.05, 4.69) is 17.4 Å². The SMILES string of the molecule is COCC(N)C(=O)N[C@@H]1CCCc2ccccc21. The molecule has 2 rings (SSSR count). The minimum Gasteiger partial charge on any atom is -0.383 e. The van der Waals surface area contributed by atoms with Crippen LogP contribution in [0.3, 0.4) is 0 Å².